The first-order valence-electron chi connectivity index (χ1n) is 6.48. The minimum Gasteiger partial charge on any atom is -0.495 e. The molecule has 0 radical (unpaired) electrons. The number of ether oxygens (including phenoxy) is 2. The van der Waals surface area contributed by atoms with Crippen molar-refractivity contribution in [1.29, 1.82) is 0 Å². The van der Waals surface area contributed by atoms with Gasteiger partial charge in [-0.1, -0.05) is 0 Å². The normalized spacial score (nSPS) is 20.1. The largest absolute Gasteiger partial charge is 0.495 e. The van der Waals surface area contributed by atoms with Crippen molar-refractivity contribution in [2.24, 2.45) is 5.92 Å². The van der Waals surface area contributed by atoms with E-state index in [0.717, 1.165) is 17.9 Å². The van der Waals surface area contributed by atoms with Crippen molar-refractivity contribution >= 4 is 27.5 Å². The Balaban J connectivity index is 1.57. The second kappa shape index (κ2) is 6.15. The van der Waals surface area contributed by atoms with Gasteiger partial charge in [-0.05, 0) is 46.1 Å². The second-order valence-corrected chi connectivity index (χ2v) is 6.02. The first-order chi connectivity index (χ1) is 10.2. The lowest BCUT2D eigenvalue weighted by molar-refractivity contribution is 0.283. The van der Waals surface area contributed by atoms with Crippen LogP contribution in [-0.4, -0.2) is 28.7 Å². The lowest BCUT2D eigenvalue weighted by atomic mass is 10.2. The van der Waals surface area contributed by atoms with Gasteiger partial charge >= 0.3 is 0 Å². The summed E-state index contributed by atoms with van der Waals surface area (Å²) in [4.78, 5) is 12.3. The molecule has 1 aliphatic rings. The summed E-state index contributed by atoms with van der Waals surface area (Å²) < 4.78 is 11.5. The highest BCUT2D eigenvalue weighted by Crippen LogP contribution is 2.47. The summed E-state index contributed by atoms with van der Waals surface area (Å²) >= 11 is 9.10. The van der Waals surface area contributed by atoms with E-state index in [0.29, 0.717) is 28.8 Å². The van der Waals surface area contributed by atoms with Crippen LogP contribution < -0.4 is 9.47 Å². The van der Waals surface area contributed by atoms with Crippen molar-refractivity contribution in [3.05, 3.63) is 40.0 Å². The zero-order chi connectivity index (χ0) is 14.8. The molecule has 0 N–H and O–H groups in total. The maximum atomic E-state index is 5.76. The molecule has 21 heavy (non-hydrogen) atoms. The summed E-state index contributed by atoms with van der Waals surface area (Å²) in [6.45, 7) is 0.588. The van der Waals surface area contributed by atoms with Crippen molar-refractivity contribution in [3.8, 4) is 11.6 Å². The highest BCUT2D eigenvalue weighted by atomic mass is 79.9. The van der Waals surface area contributed by atoms with Gasteiger partial charge in [-0.25, -0.2) is 4.98 Å². The summed E-state index contributed by atoms with van der Waals surface area (Å²) in [5.41, 5.74) is 1.07. The predicted octanol–water partition coefficient (Wildman–Crippen LogP) is 3.48. The lowest BCUT2D eigenvalue weighted by Gasteiger charge is -2.06. The highest BCUT2D eigenvalue weighted by Gasteiger charge is 2.40. The molecule has 110 valence electrons. The molecule has 0 aliphatic heterocycles. The number of pyridine rings is 1. The van der Waals surface area contributed by atoms with Crippen molar-refractivity contribution in [1.82, 2.24) is 15.0 Å². The summed E-state index contributed by atoms with van der Waals surface area (Å²) in [6, 6.07) is 3.93. The Bertz CT molecular complexity index is 639. The number of halogens is 2. The maximum Gasteiger partial charge on any atom is 0.232 e. The van der Waals surface area contributed by atoms with Crippen LogP contribution in [0, 0.1) is 5.92 Å². The Labute approximate surface area is 135 Å². The Morgan fingerprint density at radius 3 is 2.90 bits per heavy atom. The molecule has 0 spiro atoms. The topological polar surface area (TPSA) is 57.1 Å². The molecule has 0 bridgehead atoms. The van der Waals surface area contributed by atoms with Crippen LogP contribution >= 0.6 is 27.5 Å². The molecule has 2 atom stereocenters. The molecule has 0 aromatic carbocycles. The molecule has 3 rings (SSSR count). The van der Waals surface area contributed by atoms with Gasteiger partial charge in [0.05, 0.1) is 24.4 Å². The third kappa shape index (κ3) is 3.44. The third-order valence-electron chi connectivity index (χ3n) is 3.41. The molecule has 2 aromatic rings. The molecule has 2 heterocycles. The molecule has 0 saturated heterocycles. The highest BCUT2D eigenvalue weighted by molar-refractivity contribution is 9.10. The Morgan fingerprint density at radius 2 is 2.19 bits per heavy atom. The van der Waals surface area contributed by atoms with Gasteiger partial charge in [-0.3, -0.25) is 4.98 Å². The van der Waals surface area contributed by atoms with E-state index < -0.39 is 0 Å². The van der Waals surface area contributed by atoms with Gasteiger partial charge in [-0.15, -0.1) is 0 Å². The van der Waals surface area contributed by atoms with Gasteiger partial charge in [0.1, 0.15) is 5.75 Å². The van der Waals surface area contributed by atoms with Crippen LogP contribution in [0.4, 0.5) is 0 Å². The Morgan fingerprint density at radius 1 is 1.33 bits per heavy atom. The van der Waals surface area contributed by atoms with Gasteiger partial charge in [-0.2, -0.15) is 4.98 Å². The zero-order valence-corrected chi connectivity index (χ0v) is 13.6. The van der Waals surface area contributed by atoms with Crippen molar-refractivity contribution in [3.63, 3.8) is 0 Å². The van der Waals surface area contributed by atoms with Crippen LogP contribution in [-0.2, 0) is 0 Å². The fraction of sp³-hybridized carbons (Fsp3) is 0.357. The van der Waals surface area contributed by atoms with Crippen LogP contribution in [0.5, 0.6) is 11.6 Å². The van der Waals surface area contributed by atoms with E-state index in [1.165, 1.54) is 0 Å². The van der Waals surface area contributed by atoms with Crippen molar-refractivity contribution in [2.45, 2.75) is 12.3 Å². The monoisotopic (exact) mass is 369 g/mol. The van der Waals surface area contributed by atoms with E-state index in [1.54, 1.807) is 19.5 Å². The Kier molecular flexibility index (Phi) is 4.26. The SMILES string of the molecule is COc1ccc(C2C[C@@H]2COc2nc(Cl)ncc2Br)nc1. The minimum atomic E-state index is 0.178. The predicted molar refractivity (Wildman–Crippen MR) is 81.9 cm³/mol. The average Bonchev–Trinajstić information content (AvgIpc) is 3.28. The van der Waals surface area contributed by atoms with E-state index in [2.05, 4.69) is 30.9 Å². The number of hydrogen-bond acceptors (Lipinski definition) is 5. The van der Waals surface area contributed by atoms with Gasteiger partial charge in [0.15, 0.2) is 0 Å². The van der Waals surface area contributed by atoms with Crippen LogP contribution in [0.15, 0.2) is 29.0 Å². The number of rotatable bonds is 5. The van der Waals surface area contributed by atoms with E-state index in [4.69, 9.17) is 21.1 Å². The maximum absolute atomic E-state index is 5.76. The fourth-order valence-electron chi connectivity index (χ4n) is 2.14. The molecular weight excluding hydrogens is 358 g/mol. The third-order valence-corrected chi connectivity index (χ3v) is 4.14. The summed E-state index contributed by atoms with van der Waals surface area (Å²) in [6.07, 6.45) is 4.39. The van der Waals surface area contributed by atoms with Gasteiger partial charge < -0.3 is 9.47 Å². The van der Waals surface area contributed by atoms with Gasteiger partial charge in [0.2, 0.25) is 11.2 Å². The van der Waals surface area contributed by atoms with Crippen LogP contribution in [0.25, 0.3) is 0 Å². The molecule has 1 fully saturated rings. The molecule has 2 aromatic heterocycles. The fourth-order valence-corrected chi connectivity index (χ4v) is 2.58. The Hall–Kier alpha value is -1.40. The first-order valence-corrected chi connectivity index (χ1v) is 7.65. The minimum absolute atomic E-state index is 0.178. The summed E-state index contributed by atoms with van der Waals surface area (Å²) in [7, 11) is 1.63. The van der Waals surface area contributed by atoms with Gasteiger partial charge in [0, 0.05) is 23.7 Å². The number of aromatic nitrogens is 3. The molecule has 1 saturated carbocycles. The van der Waals surface area contributed by atoms with Crippen LogP contribution in [0.3, 0.4) is 0 Å². The first kappa shape index (κ1) is 14.5. The van der Waals surface area contributed by atoms with Gasteiger partial charge in [0.25, 0.3) is 0 Å². The van der Waals surface area contributed by atoms with E-state index in [1.807, 2.05) is 12.1 Å². The molecule has 5 nitrogen and oxygen atoms in total. The number of nitrogens with zero attached hydrogens (tertiary/aromatic N) is 3. The lowest BCUT2D eigenvalue weighted by Crippen LogP contribution is -2.04. The smallest absolute Gasteiger partial charge is 0.232 e. The van der Waals surface area contributed by atoms with Crippen LogP contribution in [0.2, 0.25) is 5.28 Å². The second-order valence-electron chi connectivity index (χ2n) is 4.83. The average molecular weight is 371 g/mol. The number of hydrogen-bond donors (Lipinski definition) is 0. The summed E-state index contributed by atoms with van der Waals surface area (Å²) in [5.74, 6) is 2.13. The van der Waals surface area contributed by atoms with Crippen molar-refractivity contribution in [2.75, 3.05) is 13.7 Å². The standard InChI is InChI=1S/C14H13BrClN3O2/c1-20-9-2-3-12(17-5-9)10-4-8(10)7-21-13-11(15)6-18-14(16)19-13/h2-3,5-6,8,10H,4,7H2,1H3/t8-,10?/m1/s1. The quantitative estimate of drug-likeness (QED) is 0.754. The molecule has 1 unspecified atom stereocenters. The van der Waals surface area contributed by atoms with Crippen LogP contribution in [0.1, 0.15) is 18.0 Å². The van der Waals surface area contributed by atoms with E-state index in [9.17, 15) is 0 Å². The molecule has 1 aliphatic carbocycles. The molecule has 7 heteroatoms. The molecule has 0 amide bonds. The number of methoxy groups -OCH3 is 1. The molecular formula is C14H13BrClN3O2. The zero-order valence-electron chi connectivity index (χ0n) is 11.3. The van der Waals surface area contributed by atoms with E-state index in [-0.39, 0.29) is 5.28 Å². The summed E-state index contributed by atoms with van der Waals surface area (Å²) in [5, 5.41) is 0.178. The van der Waals surface area contributed by atoms with Crippen molar-refractivity contribution < 1.29 is 9.47 Å². The van der Waals surface area contributed by atoms with E-state index >= 15 is 0 Å².